The highest BCUT2D eigenvalue weighted by Gasteiger charge is 2.14. The fourth-order valence-corrected chi connectivity index (χ4v) is 2.56. The van der Waals surface area contributed by atoms with Gasteiger partial charge in [-0.05, 0) is 18.6 Å². The lowest BCUT2D eigenvalue weighted by molar-refractivity contribution is -0.183. The first-order chi connectivity index (χ1) is 9.84. The highest BCUT2D eigenvalue weighted by Crippen LogP contribution is 2.31. The summed E-state index contributed by atoms with van der Waals surface area (Å²) in [6, 6.07) is 11.8. The second-order valence-electron chi connectivity index (χ2n) is 4.75. The number of rotatable bonds is 4. The molecule has 20 heavy (non-hydrogen) atoms. The first kappa shape index (κ1) is 13.7. The summed E-state index contributed by atoms with van der Waals surface area (Å²) in [5, 5.41) is 2.79. The van der Waals surface area contributed by atoms with Crippen LogP contribution in [0.25, 0.3) is 10.8 Å². The van der Waals surface area contributed by atoms with Gasteiger partial charge in [0.15, 0.2) is 6.29 Å². The Bertz CT molecular complexity index is 579. The van der Waals surface area contributed by atoms with Crippen LogP contribution in [0.2, 0.25) is 5.02 Å². The van der Waals surface area contributed by atoms with Gasteiger partial charge >= 0.3 is 0 Å². The van der Waals surface area contributed by atoms with E-state index in [1.54, 1.807) is 0 Å². The van der Waals surface area contributed by atoms with Crippen molar-refractivity contribution in [2.75, 3.05) is 19.8 Å². The number of halogens is 1. The van der Waals surface area contributed by atoms with E-state index in [9.17, 15) is 0 Å². The van der Waals surface area contributed by atoms with E-state index in [0.717, 1.165) is 47.6 Å². The van der Waals surface area contributed by atoms with Crippen molar-refractivity contribution < 1.29 is 14.2 Å². The van der Waals surface area contributed by atoms with E-state index in [1.165, 1.54) is 0 Å². The molecule has 106 valence electrons. The third-order valence-electron chi connectivity index (χ3n) is 3.34. The summed E-state index contributed by atoms with van der Waals surface area (Å²) < 4.78 is 16.9. The van der Waals surface area contributed by atoms with Gasteiger partial charge < -0.3 is 14.2 Å². The Morgan fingerprint density at radius 3 is 2.60 bits per heavy atom. The van der Waals surface area contributed by atoms with Crippen LogP contribution < -0.4 is 4.74 Å². The zero-order valence-corrected chi connectivity index (χ0v) is 11.9. The lowest BCUT2D eigenvalue weighted by Gasteiger charge is -2.23. The third kappa shape index (κ3) is 3.06. The lowest BCUT2D eigenvalue weighted by Crippen LogP contribution is -2.26. The summed E-state index contributed by atoms with van der Waals surface area (Å²) >= 11 is 6.19. The molecule has 1 aliphatic heterocycles. The molecule has 4 heteroatoms. The Morgan fingerprint density at radius 1 is 1.05 bits per heavy atom. The molecule has 1 fully saturated rings. The summed E-state index contributed by atoms with van der Waals surface area (Å²) in [5.74, 6) is 0.848. The van der Waals surface area contributed by atoms with Gasteiger partial charge in [-0.15, -0.1) is 0 Å². The van der Waals surface area contributed by atoms with Crippen molar-refractivity contribution in [1.82, 2.24) is 0 Å². The summed E-state index contributed by atoms with van der Waals surface area (Å²) in [5.41, 5.74) is 0. The molecular weight excluding hydrogens is 276 g/mol. The van der Waals surface area contributed by atoms with Gasteiger partial charge in [0.2, 0.25) is 0 Å². The predicted octanol–water partition coefficient (Wildman–Crippen LogP) is 4.03. The van der Waals surface area contributed by atoms with Crippen molar-refractivity contribution in [1.29, 1.82) is 0 Å². The van der Waals surface area contributed by atoms with Crippen molar-refractivity contribution in [2.24, 2.45) is 0 Å². The van der Waals surface area contributed by atoms with Crippen LogP contribution >= 0.6 is 11.6 Å². The number of benzene rings is 2. The Labute approximate surface area is 123 Å². The van der Waals surface area contributed by atoms with E-state index in [-0.39, 0.29) is 6.29 Å². The zero-order chi connectivity index (χ0) is 13.8. The second kappa shape index (κ2) is 6.44. The van der Waals surface area contributed by atoms with Gasteiger partial charge in [0.1, 0.15) is 5.75 Å². The lowest BCUT2D eigenvalue weighted by atomic mass is 10.1. The maximum atomic E-state index is 6.19. The van der Waals surface area contributed by atoms with Crippen LogP contribution in [-0.2, 0) is 9.47 Å². The molecule has 0 aromatic heterocycles. The SMILES string of the molecule is Clc1ccc(OCCC2OCCCO2)c2ccccc12. The molecule has 0 N–H and O–H groups in total. The van der Waals surface area contributed by atoms with Crippen LogP contribution in [0.5, 0.6) is 5.75 Å². The fourth-order valence-electron chi connectivity index (χ4n) is 2.33. The largest absolute Gasteiger partial charge is 0.493 e. The van der Waals surface area contributed by atoms with Crippen molar-refractivity contribution >= 4 is 22.4 Å². The molecule has 0 bridgehead atoms. The number of ether oxygens (including phenoxy) is 3. The van der Waals surface area contributed by atoms with Crippen LogP contribution in [0.1, 0.15) is 12.8 Å². The summed E-state index contributed by atoms with van der Waals surface area (Å²) in [7, 11) is 0. The van der Waals surface area contributed by atoms with E-state index >= 15 is 0 Å². The minimum atomic E-state index is -0.137. The van der Waals surface area contributed by atoms with Crippen LogP contribution in [-0.4, -0.2) is 26.1 Å². The van der Waals surface area contributed by atoms with E-state index in [4.69, 9.17) is 25.8 Å². The third-order valence-corrected chi connectivity index (χ3v) is 3.67. The molecule has 1 heterocycles. The van der Waals surface area contributed by atoms with E-state index in [2.05, 4.69) is 0 Å². The summed E-state index contributed by atoms with van der Waals surface area (Å²) in [6.07, 6.45) is 1.57. The normalized spacial score (nSPS) is 16.4. The first-order valence-electron chi connectivity index (χ1n) is 6.88. The molecular formula is C16H17ClO3. The van der Waals surface area contributed by atoms with Gasteiger partial charge in [-0.1, -0.05) is 35.9 Å². The number of hydrogen-bond donors (Lipinski definition) is 0. The standard InChI is InChI=1S/C16H17ClO3/c17-14-6-7-15(13-5-2-1-4-12(13)14)18-11-8-16-19-9-3-10-20-16/h1-2,4-7,16H,3,8-11H2. The van der Waals surface area contributed by atoms with Crippen molar-refractivity contribution in [3.8, 4) is 5.75 Å². The molecule has 0 spiro atoms. The van der Waals surface area contributed by atoms with Crippen LogP contribution in [0.15, 0.2) is 36.4 Å². The number of fused-ring (bicyclic) bond motifs is 1. The smallest absolute Gasteiger partial charge is 0.160 e. The van der Waals surface area contributed by atoms with Crippen LogP contribution in [0, 0.1) is 0 Å². The zero-order valence-electron chi connectivity index (χ0n) is 11.2. The molecule has 0 radical (unpaired) electrons. The molecule has 1 saturated heterocycles. The molecule has 1 aliphatic rings. The Balaban J connectivity index is 1.67. The van der Waals surface area contributed by atoms with Crippen molar-refractivity contribution in [2.45, 2.75) is 19.1 Å². The highest BCUT2D eigenvalue weighted by molar-refractivity contribution is 6.35. The van der Waals surface area contributed by atoms with Gasteiger partial charge in [-0.25, -0.2) is 0 Å². The monoisotopic (exact) mass is 292 g/mol. The maximum Gasteiger partial charge on any atom is 0.160 e. The average molecular weight is 293 g/mol. The molecule has 0 unspecified atom stereocenters. The molecule has 3 nitrogen and oxygen atoms in total. The average Bonchev–Trinajstić information content (AvgIpc) is 2.51. The minimum Gasteiger partial charge on any atom is -0.493 e. The molecule has 3 rings (SSSR count). The van der Waals surface area contributed by atoms with Crippen LogP contribution in [0.3, 0.4) is 0 Å². The second-order valence-corrected chi connectivity index (χ2v) is 5.16. The van der Waals surface area contributed by atoms with Gasteiger partial charge in [-0.3, -0.25) is 0 Å². The van der Waals surface area contributed by atoms with Crippen molar-refractivity contribution in [3.63, 3.8) is 0 Å². The van der Waals surface area contributed by atoms with Crippen LogP contribution in [0.4, 0.5) is 0 Å². The summed E-state index contributed by atoms with van der Waals surface area (Å²) in [6.45, 7) is 2.11. The fraction of sp³-hybridized carbons (Fsp3) is 0.375. The Kier molecular flexibility index (Phi) is 4.41. The first-order valence-corrected chi connectivity index (χ1v) is 7.25. The topological polar surface area (TPSA) is 27.7 Å². The van der Waals surface area contributed by atoms with E-state index in [0.29, 0.717) is 6.61 Å². The minimum absolute atomic E-state index is 0.137. The van der Waals surface area contributed by atoms with Gasteiger partial charge in [0, 0.05) is 22.2 Å². The number of hydrogen-bond acceptors (Lipinski definition) is 3. The van der Waals surface area contributed by atoms with Gasteiger partial charge in [0.05, 0.1) is 19.8 Å². The maximum absolute atomic E-state index is 6.19. The van der Waals surface area contributed by atoms with Gasteiger partial charge in [-0.2, -0.15) is 0 Å². The Morgan fingerprint density at radius 2 is 1.80 bits per heavy atom. The Hall–Kier alpha value is -1.29. The molecule has 0 saturated carbocycles. The quantitative estimate of drug-likeness (QED) is 0.852. The summed E-state index contributed by atoms with van der Waals surface area (Å²) in [4.78, 5) is 0. The van der Waals surface area contributed by atoms with E-state index < -0.39 is 0 Å². The molecule has 0 atom stereocenters. The van der Waals surface area contributed by atoms with Gasteiger partial charge in [0.25, 0.3) is 0 Å². The molecule has 0 amide bonds. The molecule has 2 aromatic carbocycles. The molecule has 2 aromatic rings. The predicted molar refractivity (Wildman–Crippen MR) is 79.4 cm³/mol. The molecule has 0 aliphatic carbocycles. The van der Waals surface area contributed by atoms with Crippen molar-refractivity contribution in [3.05, 3.63) is 41.4 Å². The highest BCUT2D eigenvalue weighted by atomic mass is 35.5. The van der Waals surface area contributed by atoms with E-state index in [1.807, 2.05) is 36.4 Å².